The van der Waals surface area contributed by atoms with Crippen LogP contribution >= 0.6 is 11.6 Å². The number of hydrogen-bond donors (Lipinski definition) is 0. The number of nitrogens with zero attached hydrogens (tertiary/aromatic N) is 2. The summed E-state index contributed by atoms with van der Waals surface area (Å²) in [5, 5.41) is 0.408. The Hall–Kier alpha value is -1.11. The van der Waals surface area contributed by atoms with E-state index in [4.69, 9.17) is 11.6 Å². The van der Waals surface area contributed by atoms with Crippen LogP contribution in [0.3, 0.4) is 0 Å². The van der Waals surface area contributed by atoms with E-state index in [0.717, 1.165) is 11.8 Å². The van der Waals surface area contributed by atoms with Gasteiger partial charge in [0.05, 0.1) is 4.90 Å². The largest absolute Gasteiger partial charge is 0.340 e. The molecule has 1 aliphatic heterocycles. The molecule has 0 unspecified atom stereocenters. The molecule has 26 heavy (non-hydrogen) atoms. The van der Waals surface area contributed by atoms with Crippen LogP contribution in [-0.4, -0.2) is 49.7 Å². The van der Waals surface area contributed by atoms with E-state index in [9.17, 15) is 13.2 Å². The number of carbonyl (C=O) groups excluding carboxylic acids is 1. The van der Waals surface area contributed by atoms with Crippen molar-refractivity contribution < 1.29 is 13.2 Å². The number of amides is 1. The first-order valence-corrected chi connectivity index (χ1v) is 11.3. The van der Waals surface area contributed by atoms with Crippen LogP contribution in [0.2, 0.25) is 5.02 Å². The summed E-state index contributed by atoms with van der Waals surface area (Å²) in [7, 11) is -3.55. The molecular formula is C19H25ClN2O3S. The second-order valence-electron chi connectivity index (χ2n) is 7.88. The number of benzene rings is 1. The molecular weight excluding hydrogens is 372 g/mol. The molecule has 1 amide bonds. The van der Waals surface area contributed by atoms with E-state index in [0.29, 0.717) is 43.5 Å². The van der Waals surface area contributed by atoms with Crippen LogP contribution in [0, 0.1) is 17.8 Å². The van der Waals surface area contributed by atoms with Crippen molar-refractivity contribution in [1.29, 1.82) is 0 Å². The predicted octanol–water partition coefficient (Wildman–Crippen LogP) is 3.00. The molecule has 4 rings (SSSR count). The van der Waals surface area contributed by atoms with E-state index in [1.807, 2.05) is 4.90 Å². The molecule has 2 bridgehead atoms. The lowest BCUT2D eigenvalue weighted by molar-refractivity contribution is -0.133. The van der Waals surface area contributed by atoms with Gasteiger partial charge in [-0.25, -0.2) is 8.42 Å². The predicted molar refractivity (Wildman–Crippen MR) is 100 cm³/mol. The van der Waals surface area contributed by atoms with Gasteiger partial charge in [0.1, 0.15) is 0 Å². The van der Waals surface area contributed by atoms with Crippen LogP contribution < -0.4 is 0 Å². The quantitative estimate of drug-likeness (QED) is 0.786. The van der Waals surface area contributed by atoms with Crippen molar-refractivity contribution in [1.82, 2.24) is 9.21 Å². The van der Waals surface area contributed by atoms with Gasteiger partial charge in [-0.1, -0.05) is 24.1 Å². The smallest absolute Gasteiger partial charge is 0.243 e. The van der Waals surface area contributed by atoms with E-state index < -0.39 is 10.0 Å². The maximum Gasteiger partial charge on any atom is 0.243 e. The van der Waals surface area contributed by atoms with E-state index >= 15 is 0 Å². The number of piperazine rings is 1. The summed E-state index contributed by atoms with van der Waals surface area (Å²) in [4.78, 5) is 14.7. The molecule has 1 aromatic carbocycles. The molecule has 3 aliphatic rings. The average Bonchev–Trinajstić information content (AvgIpc) is 3.25. The summed E-state index contributed by atoms with van der Waals surface area (Å²) in [6.07, 6.45) is 5.79. The third-order valence-electron chi connectivity index (χ3n) is 6.35. The zero-order chi connectivity index (χ0) is 18.3. The second kappa shape index (κ2) is 7.13. The lowest BCUT2D eigenvalue weighted by Gasteiger charge is -2.35. The minimum atomic E-state index is -3.55. The normalized spacial score (nSPS) is 29.3. The molecule has 7 heteroatoms. The van der Waals surface area contributed by atoms with Crippen LogP contribution in [0.1, 0.15) is 32.1 Å². The Labute approximate surface area is 160 Å². The van der Waals surface area contributed by atoms with Gasteiger partial charge in [0.2, 0.25) is 15.9 Å². The van der Waals surface area contributed by atoms with Crippen molar-refractivity contribution in [2.45, 2.75) is 37.0 Å². The Bertz CT molecular complexity index is 790. The fraction of sp³-hybridized carbons (Fsp3) is 0.632. The standard InChI is InChI=1S/C19H25ClN2O3S/c20-17-2-1-3-18(13-17)26(24,25)22-8-6-21(7-9-22)19(23)12-16-11-14-4-5-15(16)10-14/h1-3,13-16H,4-12H2/t14-,15+,16+/m0/s1. The van der Waals surface area contributed by atoms with Gasteiger partial charge in [-0.3, -0.25) is 4.79 Å². The first-order valence-electron chi connectivity index (χ1n) is 9.47. The molecule has 5 nitrogen and oxygen atoms in total. The maximum absolute atomic E-state index is 12.7. The molecule has 0 aromatic heterocycles. The Kier molecular flexibility index (Phi) is 5.01. The number of hydrogen-bond acceptors (Lipinski definition) is 3. The molecule has 3 atom stereocenters. The van der Waals surface area contributed by atoms with Crippen LogP contribution in [0.25, 0.3) is 0 Å². The number of sulfonamides is 1. The van der Waals surface area contributed by atoms with Gasteiger partial charge in [-0.15, -0.1) is 0 Å². The molecule has 1 aromatic rings. The molecule has 0 N–H and O–H groups in total. The third-order valence-corrected chi connectivity index (χ3v) is 8.48. The Balaban J connectivity index is 1.34. The number of rotatable bonds is 4. The molecule has 1 saturated heterocycles. The highest BCUT2D eigenvalue weighted by Crippen LogP contribution is 2.49. The molecule has 3 fully saturated rings. The Morgan fingerprint density at radius 3 is 2.50 bits per heavy atom. The number of fused-ring (bicyclic) bond motifs is 2. The number of halogens is 1. The Morgan fingerprint density at radius 1 is 1.12 bits per heavy atom. The summed E-state index contributed by atoms with van der Waals surface area (Å²) in [5.74, 6) is 2.34. The highest BCUT2D eigenvalue weighted by Gasteiger charge is 2.41. The molecule has 0 radical (unpaired) electrons. The van der Waals surface area contributed by atoms with Gasteiger partial charge < -0.3 is 4.90 Å². The van der Waals surface area contributed by atoms with Gasteiger partial charge >= 0.3 is 0 Å². The van der Waals surface area contributed by atoms with Gasteiger partial charge in [-0.05, 0) is 55.2 Å². The lowest BCUT2D eigenvalue weighted by atomic mass is 9.86. The molecule has 0 spiro atoms. The van der Waals surface area contributed by atoms with Crippen molar-refractivity contribution in [3.63, 3.8) is 0 Å². The second-order valence-corrected chi connectivity index (χ2v) is 10.3. The van der Waals surface area contributed by atoms with Crippen molar-refractivity contribution in [2.75, 3.05) is 26.2 Å². The molecule has 1 heterocycles. The summed E-state index contributed by atoms with van der Waals surface area (Å²) in [6, 6.07) is 6.34. The van der Waals surface area contributed by atoms with Crippen molar-refractivity contribution >= 4 is 27.5 Å². The maximum atomic E-state index is 12.7. The first kappa shape index (κ1) is 18.3. The van der Waals surface area contributed by atoms with Gasteiger partial charge in [0, 0.05) is 37.6 Å². The van der Waals surface area contributed by atoms with Crippen LogP contribution in [0.4, 0.5) is 0 Å². The van der Waals surface area contributed by atoms with Crippen molar-refractivity contribution in [3.8, 4) is 0 Å². The lowest BCUT2D eigenvalue weighted by Crippen LogP contribution is -2.50. The molecule has 2 aliphatic carbocycles. The highest BCUT2D eigenvalue weighted by atomic mass is 35.5. The topological polar surface area (TPSA) is 57.7 Å². The fourth-order valence-electron chi connectivity index (χ4n) is 4.93. The fourth-order valence-corrected chi connectivity index (χ4v) is 6.66. The average molecular weight is 397 g/mol. The number of carbonyl (C=O) groups is 1. The van der Waals surface area contributed by atoms with E-state index in [-0.39, 0.29) is 10.8 Å². The monoisotopic (exact) mass is 396 g/mol. The molecule has 2 saturated carbocycles. The van der Waals surface area contributed by atoms with Gasteiger partial charge in [0.25, 0.3) is 0 Å². The van der Waals surface area contributed by atoms with Crippen LogP contribution in [-0.2, 0) is 14.8 Å². The highest BCUT2D eigenvalue weighted by molar-refractivity contribution is 7.89. The zero-order valence-corrected chi connectivity index (χ0v) is 16.4. The Morgan fingerprint density at radius 2 is 1.88 bits per heavy atom. The van der Waals surface area contributed by atoms with E-state index in [1.54, 1.807) is 18.2 Å². The summed E-state index contributed by atoms with van der Waals surface area (Å²) in [5.41, 5.74) is 0. The minimum absolute atomic E-state index is 0.197. The zero-order valence-electron chi connectivity index (χ0n) is 14.8. The van der Waals surface area contributed by atoms with Crippen LogP contribution in [0.5, 0.6) is 0 Å². The van der Waals surface area contributed by atoms with Gasteiger partial charge in [0.15, 0.2) is 0 Å². The first-order chi connectivity index (χ1) is 12.4. The summed E-state index contributed by atoms with van der Waals surface area (Å²) < 4.78 is 26.9. The third kappa shape index (κ3) is 3.51. The summed E-state index contributed by atoms with van der Waals surface area (Å²) >= 11 is 5.93. The minimum Gasteiger partial charge on any atom is -0.340 e. The van der Waals surface area contributed by atoms with Crippen molar-refractivity contribution in [2.24, 2.45) is 17.8 Å². The van der Waals surface area contributed by atoms with Crippen LogP contribution in [0.15, 0.2) is 29.2 Å². The van der Waals surface area contributed by atoms with E-state index in [2.05, 4.69) is 0 Å². The SMILES string of the molecule is O=C(C[C@H]1C[C@H]2CC[C@@H]1C2)N1CCN(S(=O)(=O)c2cccc(Cl)c2)CC1. The van der Waals surface area contributed by atoms with Gasteiger partial charge in [-0.2, -0.15) is 4.31 Å². The summed E-state index contributed by atoms with van der Waals surface area (Å²) in [6.45, 7) is 1.63. The molecule has 142 valence electrons. The van der Waals surface area contributed by atoms with Crippen molar-refractivity contribution in [3.05, 3.63) is 29.3 Å². The van der Waals surface area contributed by atoms with E-state index in [1.165, 1.54) is 36.1 Å².